The lowest BCUT2D eigenvalue weighted by Gasteiger charge is -2.40. The van der Waals surface area contributed by atoms with Gasteiger partial charge in [-0.15, -0.1) is 0 Å². The van der Waals surface area contributed by atoms with Crippen molar-refractivity contribution in [1.82, 2.24) is 25.1 Å². The molecule has 140 valence electrons. The average molecular weight is 368 g/mol. The first kappa shape index (κ1) is 17.2. The quantitative estimate of drug-likeness (QED) is 0.851. The third-order valence-corrected chi connectivity index (χ3v) is 4.92. The summed E-state index contributed by atoms with van der Waals surface area (Å²) in [6.07, 6.45) is 0.319. The van der Waals surface area contributed by atoms with E-state index in [0.29, 0.717) is 18.5 Å². The van der Waals surface area contributed by atoms with Gasteiger partial charge in [0.1, 0.15) is 0 Å². The van der Waals surface area contributed by atoms with Gasteiger partial charge in [-0.1, -0.05) is 0 Å². The zero-order chi connectivity index (χ0) is 18.3. The molecule has 2 aliphatic rings. The zero-order valence-electron chi connectivity index (χ0n) is 13.9. The number of hydrogen-bond acceptors (Lipinski definition) is 6. The number of nitrogens with one attached hydrogen (secondary N) is 1. The second-order valence-corrected chi connectivity index (χ2v) is 6.61. The molecule has 0 saturated carbocycles. The summed E-state index contributed by atoms with van der Waals surface area (Å²) in [4.78, 5) is 9.59. The van der Waals surface area contributed by atoms with Crippen LogP contribution in [0.5, 0.6) is 0 Å². The Bertz CT molecular complexity index is 785. The van der Waals surface area contributed by atoms with E-state index in [1.807, 2.05) is 0 Å². The van der Waals surface area contributed by atoms with Crippen LogP contribution < -0.4 is 10.2 Å². The van der Waals surface area contributed by atoms with Crippen molar-refractivity contribution in [3.8, 4) is 11.3 Å². The lowest BCUT2D eigenvalue weighted by atomic mass is 10.1. The summed E-state index contributed by atoms with van der Waals surface area (Å²) >= 11 is 0. The molecule has 2 saturated heterocycles. The average Bonchev–Trinajstić information content (AvgIpc) is 3.24. The first-order valence-corrected chi connectivity index (χ1v) is 8.55. The molecule has 26 heavy (non-hydrogen) atoms. The highest BCUT2D eigenvalue weighted by Crippen LogP contribution is 2.33. The van der Waals surface area contributed by atoms with Crippen LogP contribution >= 0.6 is 0 Å². The van der Waals surface area contributed by atoms with Crippen LogP contribution in [0.15, 0.2) is 18.5 Å². The molecule has 0 aromatic carbocycles. The molecule has 0 aliphatic carbocycles. The minimum atomic E-state index is -4.57. The fourth-order valence-corrected chi connectivity index (χ4v) is 3.29. The summed E-state index contributed by atoms with van der Waals surface area (Å²) in [6, 6.07) is 0.908. The molecule has 0 unspecified atom stereocenters. The zero-order valence-corrected chi connectivity index (χ0v) is 13.9. The van der Waals surface area contributed by atoms with Gasteiger partial charge in [-0.3, -0.25) is 4.68 Å². The van der Waals surface area contributed by atoms with Gasteiger partial charge >= 0.3 is 6.18 Å². The fourth-order valence-electron chi connectivity index (χ4n) is 3.29. The van der Waals surface area contributed by atoms with Crippen molar-refractivity contribution in [3.63, 3.8) is 0 Å². The summed E-state index contributed by atoms with van der Waals surface area (Å²) in [6.45, 7) is 2.07. The molecule has 4 rings (SSSR count). The third kappa shape index (κ3) is 3.14. The second-order valence-electron chi connectivity index (χ2n) is 6.61. The highest BCUT2D eigenvalue weighted by atomic mass is 19.4. The molecule has 10 heteroatoms. The molecule has 0 spiro atoms. The van der Waals surface area contributed by atoms with Gasteiger partial charge in [-0.2, -0.15) is 18.3 Å². The Balaban J connectivity index is 1.70. The number of aromatic nitrogens is 4. The summed E-state index contributed by atoms with van der Waals surface area (Å²) in [5.74, 6) is -0.00425. The molecule has 2 fully saturated rings. The number of hydrogen-bond donors (Lipinski definition) is 2. The Hall–Kier alpha value is -2.20. The van der Waals surface area contributed by atoms with Gasteiger partial charge < -0.3 is 15.3 Å². The maximum atomic E-state index is 13.3. The topological polar surface area (TPSA) is 79.1 Å². The van der Waals surface area contributed by atoms with Crippen molar-refractivity contribution < 1.29 is 18.3 Å². The van der Waals surface area contributed by atoms with E-state index in [-0.39, 0.29) is 30.3 Å². The van der Waals surface area contributed by atoms with Crippen molar-refractivity contribution in [2.75, 3.05) is 31.1 Å². The Morgan fingerprint density at radius 3 is 2.73 bits per heavy atom. The minimum Gasteiger partial charge on any atom is -0.394 e. The maximum Gasteiger partial charge on any atom is 0.433 e. The highest BCUT2D eigenvalue weighted by molar-refractivity contribution is 5.60. The number of rotatable bonds is 4. The molecule has 2 aliphatic heterocycles. The normalized spacial score (nSPS) is 23.3. The van der Waals surface area contributed by atoms with E-state index in [1.165, 1.54) is 6.20 Å². The van der Waals surface area contributed by atoms with Gasteiger partial charge in [0.25, 0.3) is 0 Å². The van der Waals surface area contributed by atoms with Gasteiger partial charge in [0.05, 0.1) is 30.6 Å². The highest BCUT2D eigenvalue weighted by Gasteiger charge is 2.36. The van der Waals surface area contributed by atoms with Gasteiger partial charge in [-0.05, 0) is 25.5 Å². The maximum absolute atomic E-state index is 13.3. The van der Waals surface area contributed by atoms with Gasteiger partial charge in [0.2, 0.25) is 5.95 Å². The largest absolute Gasteiger partial charge is 0.433 e. The van der Waals surface area contributed by atoms with E-state index in [2.05, 4.69) is 20.4 Å². The van der Waals surface area contributed by atoms with Gasteiger partial charge in [0.15, 0.2) is 5.69 Å². The summed E-state index contributed by atoms with van der Waals surface area (Å²) in [5.41, 5.74) is -0.286. The molecule has 0 bridgehead atoms. The van der Waals surface area contributed by atoms with Crippen LogP contribution in [0.25, 0.3) is 11.3 Å². The lowest BCUT2D eigenvalue weighted by Crippen LogP contribution is -2.51. The molecule has 2 N–H and O–H groups in total. The smallest absolute Gasteiger partial charge is 0.394 e. The molecule has 0 radical (unpaired) electrons. The van der Waals surface area contributed by atoms with Crippen molar-refractivity contribution in [2.45, 2.75) is 31.1 Å². The van der Waals surface area contributed by atoms with E-state index in [0.717, 1.165) is 25.6 Å². The standard InChI is InChI=1S/C16H19F3N6O/c17-16(18,19)14-5-13(22-15(23-14)24-4-2-12(24)9-26)10-6-21-25(8-10)11-1-3-20-7-11/h5-6,8,11-12,20,26H,1-4,7,9H2/t11-,12-/m1/s1. The number of aliphatic hydroxyl groups excluding tert-OH is 1. The molecule has 4 heterocycles. The molecule has 0 amide bonds. The predicted molar refractivity (Wildman–Crippen MR) is 87.6 cm³/mol. The number of halogens is 3. The summed E-state index contributed by atoms with van der Waals surface area (Å²) in [5, 5.41) is 16.8. The first-order valence-electron chi connectivity index (χ1n) is 8.55. The predicted octanol–water partition coefficient (Wildman–Crippen LogP) is 1.46. The number of aliphatic hydroxyl groups is 1. The Labute approximate surface area is 147 Å². The van der Waals surface area contributed by atoms with Crippen molar-refractivity contribution in [1.29, 1.82) is 0 Å². The van der Waals surface area contributed by atoms with Gasteiger partial charge in [0, 0.05) is 24.8 Å². The van der Waals surface area contributed by atoms with Crippen LogP contribution in [-0.4, -0.2) is 57.1 Å². The van der Waals surface area contributed by atoms with E-state index in [9.17, 15) is 18.3 Å². The SMILES string of the molecule is OC[C@H]1CCN1c1nc(-c2cnn([C@@H]3CCNC3)c2)cc(C(F)(F)F)n1. The second kappa shape index (κ2) is 6.51. The van der Waals surface area contributed by atoms with E-state index in [1.54, 1.807) is 15.8 Å². The number of nitrogens with zero attached hydrogens (tertiary/aromatic N) is 5. The van der Waals surface area contributed by atoms with Crippen LogP contribution in [0, 0.1) is 0 Å². The van der Waals surface area contributed by atoms with E-state index >= 15 is 0 Å². The minimum absolute atomic E-state index is 0.00425. The van der Waals surface area contributed by atoms with Crippen molar-refractivity contribution in [3.05, 3.63) is 24.2 Å². The monoisotopic (exact) mass is 368 g/mol. The third-order valence-electron chi connectivity index (χ3n) is 4.92. The Morgan fingerprint density at radius 1 is 1.27 bits per heavy atom. The molecular weight excluding hydrogens is 349 g/mol. The van der Waals surface area contributed by atoms with Crippen LogP contribution in [-0.2, 0) is 6.18 Å². The molecule has 7 nitrogen and oxygen atoms in total. The molecule has 2 atom stereocenters. The van der Waals surface area contributed by atoms with E-state index in [4.69, 9.17) is 0 Å². The van der Waals surface area contributed by atoms with Crippen molar-refractivity contribution >= 4 is 5.95 Å². The number of anilines is 1. The molecule has 2 aromatic heterocycles. The summed E-state index contributed by atoms with van der Waals surface area (Å²) < 4.78 is 41.6. The molecular formula is C16H19F3N6O. The Kier molecular flexibility index (Phi) is 4.31. The van der Waals surface area contributed by atoms with E-state index < -0.39 is 11.9 Å². The lowest BCUT2D eigenvalue weighted by molar-refractivity contribution is -0.141. The Morgan fingerprint density at radius 2 is 2.12 bits per heavy atom. The number of alkyl halides is 3. The molecule has 2 aromatic rings. The summed E-state index contributed by atoms with van der Waals surface area (Å²) in [7, 11) is 0. The van der Waals surface area contributed by atoms with Crippen molar-refractivity contribution in [2.24, 2.45) is 0 Å². The van der Waals surface area contributed by atoms with Crippen LogP contribution in [0.4, 0.5) is 19.1 Å². The van der Waals surface area contributed by atoms with Crippen LogP contribution in [0.3, 0.4) is 0 Å². The first-order chi connectivity index (χ1) is 12.5. The van der Waals surface area contributed by atoms with Crippen LogP contribution in [0.2, 0.25) is 0 Å². The van der Waals surface area contributed by atoms with Gasteiger partial charge in [-0.25, -0.2) is 9.97 Å². The van der Waals surface area contributed by atoms with Crippen LogP contribution in [0.1, 0.15) is 24.6 Å². The fraction of sp³-hybridized carbons (Fsp3) is 0.562.